The van der Waals surface area contributed by atoms with Gasteiger partial charge >= 0.3 is 0 Å². The Morgan fingerprint density at radius 3 is 2.32 bits per heavy atom. The molecule has 1 aliphatic heterocycles. The van der Waals surface area contributed by atoms with E-state index in [0.29, 0.717) is 17.1 Å². The summed E-state index contributed by atoms with van der Waals surface area (Å²) >= 11 is 6.03. The Morgan fingerprint density at radius 2 is 1.62 bits per heavy atom. The van der Waals surface area contributed by atoms with Crippen LogP contribution >= 0.6 is 11.6 Å². The van der Waals surface area contributed by atoms with E-state index in [9.17, 15) is 19.2 Å². The smallest absolute Gasteiger partial charge is 0.266 e. The molecule has 9 heteroatoms. The van der Waals surface area contributed by atoms with Gasteiger partial charge in [-0.15, -0.1) is 0 Å². The number of carbonyl (C=O) groups excluding carboxylic acids is 3. The number of imide groups is 1. The van der Waals surface area contributed by atoms with Gasteiger partial charge < -0.3 is 4.90 Å². The van der Waals surface area contributed by atoms with Crippen molar-refractivity contribution >= 4 is 29.3 Å². The quantitative estimate of drug-likeness (QED) is 0.486. The lowest BCUT2D eigenvalue weighted by Gasteiger charge is -2.32. The molecule has 3 amide bonds. The van der Waals surface area contributed by atoms with E-state index < -0.39 is 11.8 Å². The van der Waals surface area contributed by atoms with Crippen LogP contribution in [0.1, 0.15) is 12.0 Å². The number of rotatable bonds is 7. The standard InChI is InChI=1S/C25H23ClN4O4/c26-20-8-4-7-19(15-20)21-9-10-23(32)30(27-21)14-12-22(31)28-16-24(33)29(25(34)17-28)13-11-18-5-2-1-3-6-18/h1-10,15H,11-14,16-17H2. The van der Waals surface area contributed by atoms with E-state index in [1.54, 1.807) is 24.3 Å². The van der Waals surface area contributed by atoms with Crippen LogP contribution in [0.5, 0.6) is 0 Å². The van der Waals surface area contributed by atoms with E-state index in [2.05, 4.69) is 5.10 Å². The molecule has 1 fully saturated rings. The van der Waals surface area contributed by atoms with Crippen molar-refractivity contribution in [1.82, 2.24) is 19.6 Å². The van der Waals surface area contributed by atoms with E-state index in [0.717, 1.165) is 11.1 Å². The molecule has 174 valence electrons. The van der Waals surface area contributed by atoms with Gasteiger partial charge in [0.2, 0.25) is 17.7 Å². The first-order chi connectivity index (χ1) is 16.4. The Morgan fingerprint density at radius 1 is 0.882 bits per heavy atom. The van der Waals surface area contributed by atoms with Gasteiger partial charge in [-0.25, -0.2) is 4.68 Å². The normalized spacial score (nSPS) is 13.9. The highest BCUT2D eigenvalue weighted by atomic mass is 35.5. The van der Waals surface area contributed by atoms with Crippen LogP contribution in [0.4, 0.5) is 0 Å². The summed E-state index contributed by atoms with van der Waals surface area (Å²) in [5.41, 5.74) is 1.97. The average molecular weight is 479 g/mol. The number of piperazine rings is 1. The molecule has 0 spiro atoms. The second-order valence-electron chi connectivity index (χ2n) is 7.96. The minimum atomic E-state index is -0.404. The summed E-state index contributed by atoms with van der Waals surface area (Å²) in [4.78, 5) is 52.4. The molecular weight excluding hydrogens is 456 g/mol. The number of aryl methyl sites for hydroxylation is 1. The molecule has 4 rings (SSSR count). The first-order valence-electron chi connectivity index (χ1n) is 10.9. The fraction of sp³-hybridized carbons (Fsp3) is 0.240. The van der Waals surface area contributed by atoms with Crippen molar-refractivity contribution in [1.29, 1.82) is 0 Å². The van der Waals surface area contributed by atoms with Gasteiger partial charge in [0, 0.05) is 29.6 Å². The molecule has 0 atom stereocenters. The highest BCUT2D eigenvalue weighted by Crippen LogP contribution is 2.19. The average Bonchev–Trinajstić information content (AvgIpc) is 2.83. The van der Waals surface area contributed by atoms with Crippen molar-refractivity contribution in [2.75, 3.05) is 19.6 Å². The molecule has 0 bridgehead atoms. The van der Waals surface area contributed by atoms with E-state index in [1.165, 1.54) is 20.5 Å². The maximum Gasteiger partial charge on any atom is 0.266 e. The summed E-state index contributed by atoms with van der Waals surface area (Å²) in [6, 6.07) is 19.6. The van der Waals surface area contributed by atoms with Crippen LogP contribution in [0.2, 0.25) is 5.02 Å². The molecule has 2 aromatic carbocycles. The third kappa shape index (κ3) is 5.58. The Hall–Kier alpha value is -3.78. The van der Waals surface area contributed by atoms with E-state index in [-0.39, 0.29) is 44.1 Å². The summed E-state index contributed by atoms with van der Waals surface area (Å²) in [6.45, 7) is -0.0174. The second-order valence-corrected chi connectivity index (χ2v) is 8.40. The van der Waals surface area contributed by atoms with E-state index >= 15 is 0 Å². The van der Waals surface area contributed by atoms with Gasteiger partial charge in [-0.05, 0) is 30.2 Å². The molecule has 0 radical (unpaired) electrons. The molecular formula is C25H23ClN4O4. The fourth-order valence-corrected chi connectivity index (χ4v) is 3.96. The number of nitrogens with zero attached hydrogens (tertiary/aromatic N) is 4. The first-order valence-corrected chi connectivity index (χ1v) is 11.3. The Bertz CT molecular complexity index is 1260. The molecule has 1 saturated heterocycles. The summed E-state index contributed by atoms with van der Waals surface area (Å²) in [6.07, 6.45) is 0.500. The second kappa shape index (κ2) is 10.4. The molecule has 1 aliphatic rings. The Balaban J connectivity index is 1.36. The molecule has 34 heavy (non-hydrogen) atoms. The van der Waals surface area contributed by atoms with E-state index in [4.69, 9.17) is 11.6 Å². The largest absolute Gasteiger partial charge is 0.324 e. The lowest BCUT2D eigenvalue weighted by Crippen LogP contribution is -2.56. The number of carbonyl (C=O) groups is 3. The zero-order valence-corrected chi connectivity index (χ0v) is 19.1. The zero-order chi connectivity index (χ0) is 24.1. The summed E-state index contributed by atoms with van der Waals surface area (Å²) < 4.78 is 1.20. The minimum Gasteiger partial charge on any atom is -0.324 e. The molecule has 3 aromatic rings. The predicted octanol–water partition coefficient (Wildman–Crippen LogP) is 2.39. The molecule has 1 aromatic heterocycles. The van der Waals surface area contributed by atoms with Gasteiger partial charge in [-0.1, -0.05) is 54.1 Å². The van der Waals surface area contributed by atoms with Gasteiger partial charge in [0.1, 0.15) is 13.1 Å². The van der Waals surface area contributed by atoms with Crippen LogP contribution in [-0.4, -0.2) is 56.9 Å². The summed E-state index contributed by atoms with van der Waals surface area (Å²) in [5.74, 6) is -1.19. The number of aromatic nitrogens is 2. The fourth-order valence-electron chi connectivity index (χ4n) is 3.77. The van der Waals surface area contributed by atoms with Crippen molar-refractivity contribution in [3.63, 3.8) is 0 Å². The highest BCUT2D eigenvalue weighted by Gasteiger charge is 2.32. The topological polar surface area (TPSA) is 92.6 Å². The van der Waals surface area contributed by atoms with Crippen molar-refractivity contribution in [2.24, 2.45) is 0 Å². The number of halogens is 1. The maximum absolute atomic E-state index is 12.7. The summed E-state index contributed by atoms with van der Waals surface area (Å²) in [5, 5.41) is 4.87. The third-order valence-corrected chi connectivity index (χ3v) is 5.83. The van der Waals surface area contributed by atoms with Crippen molar-refractivity contribution in [3.8, 4) is 11.3 Å². The van der Waals surface area contributed by atoms with Crippen molar-refractivity contribution in [2.45, 2.75) is 19.4 Å². The molecule has 2 heterocycles. The maximum atomic E-state index is 12.7. The molecule has 0 aliphatic carbocycles. The van der Waals surface area contributed by atoms with Crippen LogP contribution in [-0.2, 0) is 27.3 Å². The highest BCUT2D eigenvalue weighted by molar-refractivity contribution is 6.30. The van der Waals surface area contributed by atoms with Crippen molar-refractivity contribution in [3.05, 3.63) is 87.7 Å². The SMILES string of the molecule is O=C(CCn1nc(-c2cccc(Cl)c2)ccc1=O)N1CC(=O)N(CCc2ccccc2)C(=O)C1. The minimum absolute atomic E-state index is 0.0304. The molecule has 0 saturated carbocycles. The number of amides is 3. The van der Waals surface area contributed by atoms with Crippen molar-refractivity contribution < 1.29 is 14.4 Å². The molecule has 0 unspecified atom stereocenters. The Labute approximate surface area is 201 Å². The van der Waals surface area contributed by atoms with E-state index in [1.807, 2.05) is 36.4 Å². The van der Waals surface area contributed by atoms with Gasteiger partial charge in [-0.2, -0.15) is 5.10 Å². The predicted molar refractivity (Wildman–Crippen MR) is 127 cm³/mol. The number of benzene rings is 2. The Kier molecular flexibility index (Phi) is 7.18. The number of hydrogen-bond acceptors (Lipinski definition) is 5. The van der Waals surface area contributed by atoms with Crippen LogP contribution in [0, 0.1) is 0 Å². The van der Waals surface area contributed by atoms with Gasteiger partial charge in [0.15, 0.2) is 0 Å². The molecule has 8 nitrogen and oxygen atoms in total. The zero-order valence-electron chi connectivity index (χ0n) is 18.4. The molecule has 0 N–H and O–H groups in total. The third-order valence-electron chi connectivity index (χ3n) is 5.60. The van der Waals surface area contributed by atoms with Gasteiger partial charge in [0.25, 0.3) is 5.56 Å². The number of hydrogen-bond donors (Lipinski definition) is 0. The lowest BCUT2D eigenvalue weighted by atomic mass is 10.1. The lowest BCUT2D eigenvalue weighted by molar-refractivity contribution is -0.156. The monoisotopic (exact) mass is 478 g/mol. The van der Waals surface area contributed by atoms with Crippen LogP contribution < -0.4 is 5.56 Å². The summed E-state index contributed by atoms with van der Waals surface area (Å²) in [7, 11) is 0. The van der Waals surface area contributed by atoms with Gasteiger partial charge in [-0.3, -0.25) is 24.1 Å². The first kappa shape index (κ1) is 23.4. The van der Waals surface area contributed by atoms with Gasteiger partial charge in [0.05, 0.1) is 12.2 Å². The van der Waals surface area contributed by atoms with Crippen LogP contribution in [0.25, 0.3) is 11.3 Å². The van der Waals surface area contributed by atoms with Crippen LogP contribution in [0.3, 0.4) is 0 Å². The van der Waals surface area contributed by atoms with Crippen LogP contribution in [0.15, 0.2) is 71.5 Å².